The van der Waals surface area contributed by atoms with Gasteiger partial charge in [0.15, 0.2) is 0 Å². The third-order valence-corrected chi connectivity index (χ3v) is 6.37. The summed E-state index contributed by atoms with van der Waals surface area (Å²) in [5.74, 6) is -0.0494. The lowest BCUT2D eigenvalue weighted by Crippen LogP contribution is -2.76. The van der Waals surface area contributed by atoms with Gasteiger partial charge < -0.3 is 20.7 Å². The molecule has 27 heavy (non-hydrogen) atoms. The predicted octanol–water partition coefficient (Wildman–Crippen LogP) is 1.94. The number of nitrogens with zero attached hydrogens (tertiary/aromatic N) is 1. The highest BCUT2D eigenvalue weighted by Crippen LogP contribution is 2.49. The standard InChI is InChI=1S/C21H31N3O3/c1-4-27-17-14-21(22,20(17,2)3)19(26)23-16-10-12-24(13-11-16)18(25)15-8-6-5-7-9-15/h5-9,16-17H,4,10-14,22H2,1-3H3,(H,23,26). The second kappa shape index (κ2) is 7.60. The van der Waals surface area contributed by atoms with Crippen molar-refractivity contribution < 1.29 is 14.3 Å². The molecule has 6 nitrogen and oxygen atoms in total. The quantitative estimate of drug-likeness (QED) is 0.826. The van der Waals surface area contributed by atoms with Gasteiger partial charge in [-0.15, -0.1) is 0 Å². The van der Waals surface area contributed by atoms with E-state index >= 15 is 0 Å². The van der Waals surface area contributed by atoms with Crippen molar-refractivity contribution in [1.29, 1.82) is 0 Å². The first-order chi connectivity index (χ1) is 12.8. The highest BCUT2D eigenvalue weighted by Gasteiger charge is 2.63. The third kappa shape index (κ3) is 3.60. The Morgan fingerprint density at radius 1 is 1.22 bits per heavy atom. The first kappa shape index (κ1) is 19.8. The van der Waals surface area contributed by atoms with Crippen LogP contribution in [0.5, 0.6) is 0 Å². The number of hydrogen-bond donors (Lipinski definition) is 2. The number of hydrogen-bond acceptors (Lipinski definition) is 4. The van der Waals surface area contributed by atoms with Crippen LogP contribution in [0.2, 0.25) is 0 Å². The van der Waals surface area contributed by atoms with Crippen molar-refractivity contribution in [2.45, 2.75) is 57.7 Å². The molecule has 2 fully saturated rings. The van der Waals surface area contributed by atoms with Gasteiger partial charge in [-0.1, -0.05) is 32.0 Å². The Balaban J connectivity index is 1.52. The number of benzene rings is 1. The number of nitrogens with two attached hydrogens (primary N) is 1. The van der Waals surface area contributed by atoms with Crippen molar-refractivity contribution in [2.24, 2.45) is 11.1 Å². The first-order valence-electron chi connectivity index (χ1n) is 9.85. The maximum absolute atomic E-state index is 12.8. The molecule has 1 heterocycles. The van der Waals surface area contributed by atoms with Gasteiger partial charge in [0, 0.05) is 43.1 Å². The molecule has 0 bridgehead atoms. The fourth-order valence-corrected chi connectivity index (χ4v) is 4.12. The van der Waals surface area contributed by atoms with Gasteiger partial charge in [-0.3, -0.25) is 9.59 Å². The summed E-state index contributed by atoms with van der Waals surface area (Å²) in [5.41, 5.74) is 5.87. The number of ether oxygens (including phenoxy) is 1. The van der Waals surface area contributed by atoms with Crippen molar-refractivity contribution >= 4 is 11.8 Å². The fraction of sp³-hybridized carbons (Fsp3) is 0.619. The van der Waals surface area contributed by atoms with Gasteiger partial charge in [-0.05, 0) is 31.9 Å². The molecule has 148 valence electrons. The van der Waals surface area contributed by atoms with E-state index in [0.29, 0.717) is 31.7 Å². The zero-order valence-electron chi connectivity index (χ0n) is 16.5. The van der Waals surface area contributed by atoms with E-state index < -0.39 is 11.0 Å². The lowest BCUT2D eigenvalue weighted by molar-refractivity contribution is -0.171. The van der Waals surface area contributed by atoms with E-state index in [1.807, 2.05) is 56.0 Å². The Morgan fingerprint density at radius 2 is 1.85 bits per heavy atom. The van der Waals surface area contributed by atoms with Gasteiger partial charge in [0.25, 0.3) is 5.91 Å². The SMILES string of the molecule is CCOC1CC(N)(C(=O)NC2CCN(C(=O)c3ccccc3)CC2)C1(C)C. The molecular formula is C21H31N3O3. The van der Waals surface area contributed by atoms with Crippen LogP contribution in [0, 0.1) is 5.41 Å². The topological polar surface area (TPSA) is 84.7 Å². The van der Waals surface area contributed by atoms with Crippen LogP contribution in [0.4, 0.5) is 0 Å². The molecule has 0 radical (unpaired) electrons. The predicted molar refractivity (Wildman–Crippen MR) is 104 cm³/mol. The molecule has 1 aromatic rings. The summed E-state index contributed by atoms with van der Waals surface area (Å²) in [5, 5.41) is 3.12. The second-order valence-electron chi connectivity index (χ2n) is 8.25. The normalized spacial score (nSPS) is 27.7. The largest absolute Gasteiger partial charge is 0.378 e. The molecule has 1 aromatic carbocycles. The van der Waals surface area contributed by atoms with Crippen molar-refractivity contribution in [3.63, 3.8) is 0 Å². The van der Waals surface area contributed by atoms with E-state index in [-0.39, 0.29) is 24.0 Å². The summed E-state index contributed by atoms with van der Waals surface area (Å²) in [6, 6.07) is 9.37. The molecule has 2 amide bonds. The zero-order chi connectivity index (χ0) is 19.7. The van der Waals surface area contributed by atoms with Gasteiger partial charge in [0.05, 0.1) is 6.10 Å². The monoisotopic (exact) mass is 373 g/mol. The molecule has 0 aromatic heterocycles. The average molecular weight is 373 g/mol. The van der Waals surface area contributed by atoms with Crippen molar-refractivity contribution in [3.8, 4) is 0 Å². The number of carbonyl (C=O) groups excluding carboxylic acids is 2. The molecule has 2 atom stereocenters. The third-order valence-electron chi connectivity index (χ3n) is 6.37. The molecular weight excluding hydrogens is 342 g/mol. The van der Waals surface area contributed by atoms with E-state index in [1.165, 1.54) is 0 Å². The molecule has 3 rings (SSSR count). The summed E-state index contributed by atoms with van der Waals surface area (Å²) < 4.78 is 5.71. The summed E-state index contributed by atoms with van der Waals surface area (Å²) in [6.45, 7) is 7.86. The van der Waals surface area contributed by atoms with Crippen LogP contribution < -0.4 is 11.1 Å². The Labute approximate surface area is 161 Å². The Hall–Kier alpha value is -1.92. The molecule has 0 spiro atoms. The number of carbonyl (C=O) groups is 2. The molecule has 2 unspecified atom stereocenters. The number of piperidine rings is 1. The van der Waals surface area contributed by atoms with Crippen molar-refractivity contribution in [3.05, 3.63) is 35.9 Å². The fourth-order valence-electron chi connectivity index (χ4n) is 4.12. The molecule has 1 saturated heterocycles. The van der Waals surface area contributed by atoms with E-state index in [2.05, 4.69) is 5.32 Å². The minimum Gasteiger partial charge on any atom is -0.378 e. The highest BCUT2D eigenvalue weighted by atomic mass is 16.5. The van der Waals surface area contributed by atoms with E-state index in [0.717, 1.165) is 12.8 Å². The van der Waals surface area contributed by atoms with Crippen molar-refractivity contribution in [1.82, 2.24) is 10.2 Å². The van der Waals surface area contributed by atoms with Crippen LogP contribution in [0.3, 0.4) is 0 Å². The Kier molecular flexibility index (Phi) is 5.58. The van der Waals surface area contributed by atoms with E-state index in [4.69, 9.17) is 10.5 Å². The lowest BCUT2D eigenvalue weighted by Gasteiger charge is -2.57. The summed E-state index contributed by atoms with van der Waals surface area (Å²) in [6.07, 6.45) is 2.06. The van der Waals surface area contributed by atoms with Gasteiger partial charge in [0.2, 0.25) is 5.91 Å². The van der Waals surface area contributed by atoms with E-state index in [1.54, 1.807) is 0 Å². The molecule has 6 heteroatoms. The molecule has 1 saturated carbocycles. The second-order valence-corrected chi connectivity index (χ2v) is 8.25. The Morgan fingerprint density at radius 3 is 2.41 bits per heavy atom. The number of likely N-dealkylation sites (tertiary alicyclic amines) is 1. The number of rotatable bonds is 5. The molecule has 1 aliphatic heterocycles. The first-order valence-corrected chi connectivity index (χ1v) is 9.85. The van der Waals surface area contributed by atoms with Gasteiger partial charge in [-0.25, -0.2) is 0 Å². The number of amides is 2. The maximum Gasteiger partial charge on any atom is 0.253 e. The van der Waals surface area contributed by atoms with Crippen LogP contribution >= 0.6 is 0 Å². The van der Waals surface area contributed by atoms with Crippen LogP contribution in [-0.4, -0.2) is 54.1 Å². The Bertz CT molecular complexity index is 683. The minimum atomic E-state index is -0.899. The average Bonchev–Trinajstić information content (AvgIpc) is 2.68. The van der Waals surface area contributed by atoms with Crippen LogP contribution in [0.15, 0.2) is 30.3 Å². The summed E-state index contributed by atoms with van der Waals surface area (Å²) >= 11 is 0. The maximum atomic E-state index is 12.8. The van der Waals surface area contributed by atoms with Crippen molar-refractivity contribution in [2.75, 3.05) is 19.7 Å². The zero-order valence-corrected chi connectivity index (χ0v) is 16.5. The van der Waals surface area contributed by atoms with Crippen LogP contribution in [0.1, 0.15) is 50.4 Å². The smallest absolute Gasteiger partial charge is 0.253 e. The molecule has 1 aliphatic carbocycles. The van der Waals surface area contributed by atoms with Gasteiger partial charge >= 0.3 is 0 Å². The summed E-state index contributed by atoms with van der Waals surface area (Å²) in [7, 11) is 0. The van der Waals surface area contributed by atoms with Gasteiger partial charge in [0.1, 0.15) is 5.54 Å². The van der Waals surface area contributed by atoms with Crippen LogP contribution in [-0.2, 0) is 9.53 Å². The lowest BCUT2D eigenvalue weighted by atomic mass is 9.54. The molecule has 2 aliphatic rings. The summed E-state index contributed by atoms with van der Waals surface area (Å²) in [4.78, 5) is 27.2. The minimum absolute atomic E-state index is 0.0172. The van der Waals surface area contributed by atoms with Crippen LogP contribution in [0.25, 0.3) is 0 Å². The van der Waals surface area contributed by atoms with Gasteiger partial charge in [-0.2, -0.15) is 0 Å². The van der Waals surface area contributed by atoms with E-state index in [9.17, 15) is 9.59 Å². The number of nitrogens with one attached hydrogen (secondary N) is 1. The highest BCUT2D eigenvalue weighted by molar-refractivity contribution is 5.94. The molecule has 3 N–H and O–H groups in total.